The molecule has 7 nitrogen and oxygen atoms in total. The molecule has 4 aromatic rings. The molecule has 1 aliphatic rings. The van der Waals surface area contributed by atoms with Crippen molar-refractivity contribution in [2.75, 3.05) is 0 Å². The van der Waals surface area contributed by atoms with Crippen LogP contribution in [0.5, 0.6) is 0 Å². The Morgan fingerprint density at radius 3 is 2.49 bits per heavy atom. The van der Waals surface area contributed by atoms with Gasteiger partial charge in [0.2, 0.25) is 0 Å². The van der Waals surface area contributed by atoms with Gasteiger partial charge >= 0.3 is 5.69 Å². The highest BCUT2D eigenvalue weighted by Crippen LogP contribution is 2.29. The van der Waals surface area contributed by atoms with Crippen LogP contribution in [0.4, 0.5) is 0 Å². The summed E-state index contributed by atoms with van der Waals surface area (Å²) in [5, 5.41) is 11.6. The predicted octanol–water partition coefficient (Wildman–Crippen LogP) is 5.43. The zero-order chi connectivity index (χ0) is 24.2. The number of rotatable bonds is 8. The maximum atomic E-state index is 13.5. The van der Waals surface area contributed by atoms with Crippen molar-refractivity contribution in [2.45, 2.75) is 71.4 Å². The minimum atomic E-state index is 0.142. The molecular formula is C28H34N6O. The normalized spacial score (nSPS) is 14.6. The summed E-state index contributed by atoms with van der Waals surface area (Å²) < 4.78 is 5.71. The molecule has 35 heavy (non-hydrogen) atoms. The van der Waals surface area contributed by atoms with Crippen molar-refractivity contribution in [3.8, 4) is 16.8 Å². The van der Waals surface area contributed by atoms with E-state index in [0.29, 0.717) is 18.5 Å². The van der Waals surface area contributed by atoms with E-state index in [0.717, 1.165) is 53.8 Å². The molecule has 0 unspecified atom stereocenters. The summed E-state index contributed by atoms with van der Waals surface area (Å²) in [5.74, 6) is 0.608. The van der Waals surface area contributed by atoms with E-state index >= 15 is 0 Å². The molecule has 0 bridgehead atoms. The summed E-state index contributed by atoms with van der Waals surface area (Å²) in [5.41, 5.74) is 5.51. The van der Waals surface area contributed by atoms with Gasteiger partial charge in [-0.3, -0.25) is 9.13 Å². The first-order valence-electron chi connectivity index (χ1n) is 12.8. The lowest BCUT2D eigenvalue weighted by molar-refractivity contribution is 0.344. The summed E-state index contributed by atoms with van der Waals surface area (Å²) >= 11 is 0. The monoisotopic (exact) mass is 470 g/mol. The van der Waals surface area contributed by atoms with Crippen molar-refractivity contribution < 1.29 is 0 Å². The molecule has 1 saturated carbocycles. The van der Waals surface area contributed by atoms with Gasteiger partial charge in [-0.15, -0.1) is 5.10 Å². The Morgan fingerprint density at radius 2 is 1.77 bits per heavy atom. The number of nitrogens with zero attached hydrogens (tertiary/aromatic N) is 6. The fourth-order valence-corrected chi connectivity index (χ4v) is 5.14. The Labute approximate surface area is 206 Å². The first-order valence-corrected chi connectivity index (χ1v) is 12.8. The molecule has 0 radical (unpaired) electrons. The zero-order valence-electron chi connectivity index (χ0n) is 20.7. The lowest BCUT2D eigenvalue weighted by atomic mass is 9.95. The van der Waals surface area contributed by atoms with Gasteiger partial charge in [0.25, 0.3) is 0 Å². The number of aromatic nitrogens is 6. The van der Waals surface area contributed by atoms with Gasteiger partial charge in [-0.2, -0.15) is 4.68 Å². The topological polar surface area (TPSA) is 70.5 Å². The van der Waals surface area contributed by atoms with Crippen LogP contribution in [0.15, 0.2) is 65.8 Å². The first-order chi connectivity index (χ1) is 17.1. The van der Waals surface area contributed by atoms with E-state index in [1.165, 1.54) is 19.3 Å². The van der Waals surface area contributed by atoms with Crippen molar-refractivity contribution >= 4 is 0 Å². The average Bonchev–Trinajstić information content (AvgIpc) is 3.53. The number of imidazole rings is 1. The maximum absolute atomic E-state index is 13.5. The molecule has 0 N–H and O–H groups in total. The molecule has 2 aromatic heterocycles. The SMILES string of the molecule is CC(C)CCc1cn(C2CCCCC2)c(=O)n1Cc1ccc(-c2ccccc2-n2cnnn2)cc1. The number of aryl methyl sites for hydroxylation is 1. The highest BCUT2D eigenvalue weighted by atomic mass is 16.1. The van der Waals surface area contributed by atoms with Crippen LogP contribution in [0.25, 0.3) is 16.8 Å². The van der Waals surface area contributed by atoms with Crippen LogP contribution in [-0.4, -0.2) is 29.3 Å². The molecule has 1 aliphatic carbocycles. The summed E-state index contributed by atoms with van der Waals surface area (Å²) in [6.07, 6.45) is 11.7. The first kappa shape index (κ1) is 23.3. The van der Waals surface area contributed by atoms with Gasteiger partial charge in [0, 0.05) is 23.5 Å². The van der Waals surface area contributed by atoms with E-state index in [4.69, 9.17) is 0 Å². The van der Waals surface area contributed by atoms with Gasteiger partial charge < -0.3 is 0 Å². The minimum Gasteiger partial charge on any atom is -0.296 e. The fourth-order valence-electron chi connectivity index (χ4n) is 5.14. The fraction of sp³-hybridized carbons (Fsp3) is 0.429. The number of hydrogen-bond donors (Lipinski definition) is 0. The molecule has 2 heterocycles. The second kappa shape index (κ2) is 10.4. The van der Waals surface area contributed by atoms with Crippen LogP contribution in [0.2, 0.25) is 0 Å². The van der Waals surface area contributed by atoms with Gasteiger partial charge in [0.15, 0.2) is 0 Å². The van der Waals surface area contributed by atoms with E-state index in [9.17, 15) is 4.79 Å². The Bertz CT molecular complexity index is 1290. The molecule has 0 atom stereocenters. The molecule has 0 aliphatic heterocycles. The van der Waals surface area contributed by atoms with Gasteiger partial charge in [0.05, 0.1) is 12.2 Å². The Hall–Kier alpha value is -3.48. The van der Waals surface area contributed by atoms with Gasteiger partial charge in [-0.05, 0) is 59.2 Å². The van der Waals surface area contributed by atoms with Crippen molar-refractivity contribution in [1.29, 1.82) is 0 Å². The summed E-state index contributed by atoms with van der Waals surface area (Å²) in [6, 6.07) is 16.9. The third kappa shape index (κ3) is 5.14. The largest absolute Gasteiger partial charge is 0.328 e. The van der Waals surface area contributed by atoms with E-state index in [-0.39, 0.29) is 5.69 Å². The van der Waals surface area contributed by atoms with Crippen molar-refractivity contribution in [1.82, 2.24) is 29.3 Å². The second-order valence-electron chi connectivity index (χ2n) is 10.1. The molecule has 182 valence electrons. The van der Waals surface area contributed by atoms with Gasteiger partial charge in [-0.25, -0.2) is 4.79 Å². The van der Waals surface area contributed by atoms with E-state index < -0.39 is 0 Å². The molecular weight excluding hydrogens is 436 g/mol. The van der Waals surface area contributed by atoms with Crippen molar-refractivity contribution in [3.05, 3.63) is 82.8 Å². The number of benzene rings is 2. The summed E-state index contributed by atoms with van der Waals surface area (Å²) in [6.45, 7) is 5.08. The summed E-state index contributed by atoms with van der Waals surface area (Å²) in [7, 11) is 0. The molecule has 2 aromatic carbocycles. The molecule has 0 amide bonds. The maximum Gasteiger partial charge on any atom is 0.328 e. The standard InChI is InChI=1S/C28H34N6O/c1-21(2)12-17-25-19-33(24-8-4-3-5-9-24)28(35)32(25)18-22-13-15-23(16-14-22)26-10-6-7-11-27(26)34-20-29-30-31-34/h6-7,10-11,13-16,19-21,24H,3-5,8-9,12,17-18H2,1-2H3. The number of para-hydroxylation sites is 1. The van der Waals surface area contributed by atoms with E-state index in [1.807, 2.05) is 27.3 Å². The molecule has 5 rings (SSSR count). The number of tetrazole rings is 1. The van der Waals surface area contributed by atoms with Crippen LogP contribution >= 0.6 is 0 Å². The van der Waals surface area contributed by atoms with Gasteiger partial charge in [0.1, 0.15) is 6.33 Å². The Morgan fingerprint density at radius 1 is 1.00 bits per heavy atom. The highest BCUT2D eigenvalue weighted by Gasteiger charge is 2.21. The van der Waals surface area contributed by atoms with E-state index in [2.05, 4.69) is 65.9 Å². The average molecular weight is 471 g/mol. The third-order valence-corrected chi connectivity index (χ3v) is 7.14. The van der Waals surface area contributed by atoms with Crippen molar-refractivity contribution in [2.24, 2.45) is 5.92 Å². The molecule has 0 saturated heterocycles. The number of hydrogen-bond acceptors (Lipinski definition) is 4. The minimum absolute atomic E-state index is 0.142. The predicted molar refractivity (Wildman–Crippen MR) is 138 cm³/mol. The highest BCUT2D eigenvalue weighted by molar-refractivity contribution is 5.72. The Kier molecular flexibility index (Phi) is 6.93. The quantitative estimate of drug-likeness (QED) is 0.344. The van der Waals surface area contributed by atoms with Crippen LogP contribution in [0, 0.1) is 5.92 Å². The molecule has 0 spiro atoms. The Balaban J connectivity index is 1.42. The third-order valence-electron chi connectivity index (χ3n) is 7.14. The van der Waals surface area contributed by atoms with Gasteiger partial charge in [-0.1, -0.05) is 75.6 Å². The molecule has 7 heteroatoms. The lowest BCUT2D eigenvalue weighted by Crippen LogP contribution is -2.29. The molecule has 1 fully saturated rings. The van der Waals surface area contributed by atoms with Crippen LogP contribution in [0.3, 0.4) is 0 Å². The van der Waals surface area contributed by atoms with E-state index in [1.54, 1.807) is 11.0 Å². The van der Waals surface area contributed by atoms with Crippen LogP contribution in [-0.2, 0) is 13.0 Å². The zero-order valence-corrected chi connectivity index (χ0v) is 20.7. The smallest absolute Gasteiger partial charge is 0.296 e. The lowest BCUT2D eigenvalue weighted by Gasteiger charge is -2.22. The van der Waals surface area contributed by atoms with Crippen LogP contribution < -0.4 is 5.69 Å². The van der Waals surface area contributed by atoms with Crippen molar-refractivity contribution in [3.63, 3.8) is 0 Å². The van der Waals surface area contributed by atoms with Crippen LogP contribution in [0.1, 0.15) is 69.7 Å². The summed E-state index contributed by atoms with van der Waals surface area (Å²) in [4.78, 5) is 13.5. The second-order valence-corrected chi connectivity index (χ2v) is 10.1.